The van der Waals surface area contributed by atoms with Gasteiger partial charge in [0.05, 0.1) is 27.4 Å². The number of nitrogens with one attached hydrogen (secondary N) is 2. The summed E-state index contributed by atoms with van der Waals surface area (Å²) in [7, 11) is -17.6. The molecule has 28 heteroatoms. The van der Waals surface area contributed by atoms with Crippen molar-refractivity contribution in [2.24, 2.45) is 5.41 Å². The molecule has 1 aliphatic rings. The monoisotopic (exact) mass is 1100 g/mol. The number of anilines is 1. The van der Waals surface area contributed by atoms with Crippen LogP contribution in [0.4, 0.5) is 5.82 Å². The van der Waals surface area contributed by atoms with Gasteiger partial charge in [0, 0.05) is 30.7 Å². The van der Waals surface area contributed by atoms with Gasteiger partial charge in [-0.15, -0.1) is 0 Å². The Balaban J connectivity index is 1.25. The molecule has 2 aromatic rings. The fraction of sp³-hybridized carbons (Fsp3) is 0.773. The number of allylic oxidation sites excluding steroid dienone is 1. The molecule has 2 aromatic heterocycles. The van der Waals surface area contributed by atoms with Crippen LogP contribution in [-0.4, -0.2) is 103 Å². The lowest BCUT2D eigenvalue weighted by molar-refractivity contribution is -0.347. The van der Waals surface area contributed by atoms with E-state index < -0.39 is 84.6 Å². The van der Waals surface area contributed by atoms with Crippen LogP contribution in [-0.2, 0) is 50.7 Å². The van der Waals surface area contributed by atoms with E-state index in [1.165, 1.54) is 117 Å². The molecule has 0 aliphatic carbocycles. The van der Waals surface area contributed by atoms with Gasteiger partial charge in [-0.25, -0.2) is 19.3 Å². The SMILES string of the molecule is CCCCCCCCCCCCCCCCCCCC/C=C/C(=O)SCCNC(=O)CCNC(=O)[C@H](O)C(C)(C)COP(=O)([O-])OP(=O)([O-])OC[C@H]1O[C@@H](n2cnc3c(N)ncnc32)[C@H](O)[C@@H]1OP(=O)([O-])[O-]. The van der Waals surface area contributed by atoms with Gasteiger partial charge in [-0.2, -0.15) is 0 Å². The third kappa shape index (κ3) is 24.8. The molecule has 1 fully saturated rings. The number of aliphatic hydroxyl groups is 2. The van der Waals surface area contributed by atoms with Crippen molar-refractivity contribution >= 4 is 69.1 Å². The summed E-state index contributed by atoms with van der Waals surface area (Å²) in [5.41, 5.74) is 4.09. The van der Waals surface area contributed by atoms with Crippen LogP contribution in [0.15, 0.2) is 24.8 Å². The Hall–Kier alpha value is -2.70. The summed E-state index contributed by atoms with van der Waals surface area (Å²) in [6.45, 7) is 2.39. The first-order valence-electron chi connectivity index (χ1n) is 24.7. The van der Waals surface area contributed by atoms with Crippen LogP contribution in [0.25, 0.3) is 11.2 Å². The molecule has 1 aliphatic heterocycles. The van der Waals surface area contributed by atoms with Crippen LogP contribution in [0.3, 0.4) is 0 Å². The van der Waals surface area contributed by atoms with Crippen LogP contribution in [0.1, 0.15) is 155 Å². The summed E-state index contributed by atoms with van der Waals surface area (Å²) >= 11 is 1.06. The first kappa shape index (κ1) is 63.6. The van der Waals surface area contributed by atoms with E-state index in [1.54, 1.807) is 6.08 Å². The summed E-state index contributed by atoms with van der Waals surface area (Å²) in [6, 6.07) is 0. The number of unbranched alkanes of at least 4 members (excludes halogenated alkanes) is 18. The van der Waals surface area contributed by atoms with Gasteiger partial charge in [0.2, 0.25) is 16.9 Å². The number of carbonyl (C=O) groups excluding carboxylic acids is 3. The predicted molar refractivity (Wildman–Crippen MR) is 261 cm³/mol. The van der Waals surface area contributed by atoms with Crippen molar-refractivity contribution in [3.8, 4) is 0 Å². The molecule has 72 heavy (non-hydrogen) atoms. The molecule has 0 saturated carbocycles. The van der Waals surface area contributed by atoms with Gasteiger partial charge in [0.15, 0.2) is 17.7 Å². The highest BCUT2D eigenvalue weighted by Crippen LogP contribution is 2.56. The number of nitrogen functional groups attached to an aromatic ring is 1. The van der Waals surface area contributed by atoms with Crippen molar-refractivity contribution in [1.82, 2.24) is 30.2 Å². The predicted octanol–water partition coefficient (Wildman–Crippen LogP) is 4.12. The molecule has 3 heterocycles. The fourth-order valence-corrected chi connectivity index (χ4v) is 11.0. The van der Waals surface area contributed by atoms with Gasteiger partial charge in [-0.05, 0) is 18.9 Å². The number of amides is 2. The van der Waals surface area contributed by atoms with Crippen molar-refractivity contribution < 1.29 is 80.5 Å². The molecule has 0 bridgehead atoms. The fourth-order valence-electron chi connectivity index (χ4n) is 7.65. The first-order chi connectivity index (χ1) is 34.1. The molecular formula is C44H74N7O17P3S-4. The minimum atomic E-state index is -5.92. The smallest absolute Gasteiger partial charge is 0.274 e. The second kappa shape index (κ2) is 32.7. The number of nitrogens with zero attached hydrogens (tertiary/aromatic N) is 4. The van der Waals surface area contributed by atoms with Gasteiger partial charge >= 0.3 is 0 Å². The highest BCUT2D eigenvalue weighted by atomic mass is 32.2. The lowest BCUT2D eigenvalue weighted by Crippen LogP contribution is -2.46. The molecule has 412 valence electrons. The summed E-state index contributed by atoms with van der Waals surface area (Å²) in [6.07, 6.45) is 20.3. The van der Waals surface area contributed by atoms with Crippen molar-refractivity contribution in [2.45, 2.75) is 180 Å². The van der Waals surface area contributed by atoms with E-state index in [0.717, 1.165) is 48.2 Å². The average molecular weight is 1100 g/mol. The van der Waals surface area contributed by atoms with E-state index in [9.17, 15) is 57.9 Å². The number of fused-ring (bicyclic) bond motifs is 1. The zero-order valence-corrected chi connectivity index (χ0v) is 45.0. The number of hydrogen-bond donors (Lipinski definition) is 5. The van der Waals surface area contributed by atoms with E-state index in [4.69, 9.17) is 10.5 Å². The van der Waals surface area contributed by atoms with Crippen molar-refractivity contribution in [3.05, 3.63) is 24.8 Å². The summed E-state index contributed by atoms with van der Waals surface area (Å²) in [5, 5.41) is 26.3. The number of ether oxygens (including phenoxy) is 1. The number of phosphoric acid groups is 3. The number of aliphatic hydroxyl groups excluding tert-OH is 2. The molecule has 6 N–H and O–H groups in total. The van der Waals surface area contributed by atoms with Gasteiger partial charge < -0.3 is 69.0 Å². The molecule has 2 unspecified atom stereocenters. The normalized spacial score (nSPS) is 19.6. The molecule has 3 rings (SSSR count). The quantitative estimate of drug-likeness (QED) is 0.0357. The molecular weight excluding hydrogens is 1020 g/mol. The van der Waals surface area contributed by atoms with E-state index in [-0.39, 0.29) is 41.6 Å². The third-order valence-electron chi connectivity index (χ3n) is 11.7. The Bertz CT molecular complexity index is 2130. The minimum absolute atomic E-state index is 0.0189. The molecule has 7 atom stereocenters. The summed E-state index contributed by atoms with van der Waals surface area (Å²) in [4.78, 5) is 96.9. The van der Waals surface area contributed by atoms with Crippen molar-refractivity contribution in [1.29, 1.82) is 0 Å². The maximum absolute atomic E-state index is 12.7. The number of rotatable bonds is 39. The molecule has 24 nitrogen and oxygen atoms in total. The zero-order chi connectivity index (χ0) is 53.2. The Labute approximate surface area is 426 Å². The summed E-state index contributed by atoms with van der Waals surface area (Å²) < 4.78 is 60.9. The Morgan fingerprint density at radius 3 is 2.01 bits per heavy atom. The Kier molecular flexibility index (Phi) is 28.9. The highest BCUT2D eigenvalue weighted by molar-refractivity contribution is 8.14. The van der Waals surface area contributed by atoms with Crippen LogP contribution >= 0.6 is 35.2 Å². The number of thioether (sulfide) groups is 1. The number of imidazole rings is 1. The summed E-state index contributed by atoms with van der Waals surface area (Å²) in [5.74, 6) is -1.20. The molecule has 0 aromatic carbocycles. The topological polar surface area (TPSA) is 375 Å². The van der Waals surface area contributed by atoms with E-state index >= 15 is 0 Å². The van der Waals surface area contributed by atoms with Gasteiger partial charge in [-0.1, -0.05) is 148 Å². The number of phosphoric ester groups is 3. The standard InChI is InChI=1S/C44H78N7O17P3S/c1-4-5-6-7-8-9-10-11-12-13-14-15-16-17-18-19-20-21-22-23-24-35(53)72-28-27-46-34(52)25-26-47-42(56)39(55)44(2,3)30-65-71(62,63)68-70(60,61)64-29-33-38(67-69(57,58)59)37(54)43(66-33)51-32-50-36-40(45)48-31-49-41(36)51/h23-24,31-33,37-39,43,54-55H,4-22,25-30H2,1-3H3,(H,46,52)(H,47,56)(H,60,61)(H,62,63)(H2,45,48,49)(H2,57,58,59)/p-4/b24-23+/t33-,37-,38-,39+,43-/m1/s1. The number of nitrogens with two attached hydrogens (primary N) is 1. The van der Waals surface area contributed by atoms with E-state index in [1.807, 2.05) is 6.08 Å². The van der Waals surface area contributed by atoms with E-state index in [0.29, 0.717) is 5.75 Å². The van der Waals surface area contributed by atoms with Crippen LogP contribution in [0.2, 0.25) is 0 Å². The second-order valence-corrected chi connectivity index (χ2v) is 23.5. The van der Waals surface area contributed by atoms with E-state index in [2.05, 4.69) is 50.4 Å². The minimum Gasteiger partial charge on any atom is -0.790 e. The number of aromatic nitrogens is 4. The maximum atomic E-state index is 12.7. The zero-order valence-electron chi connectivity index (χ0n) is 41.5. The molecule has 2 amide bonds. The Morgan fingerprint density at radius 1 is 0.861 bits per heavy atom. The maximum Gasteiger partial charge on any atom is 0.274 e. The first-order valence-corrected chi connectivity index (χ1v) is 30.1. The average Bonchev–Trinajstić information content (AvgIpc) is 3.87. The van der Waals surface area contributed by atoms with Gasteiger partial charge in [-0.3, -0.25) is 28.1 Å². The lowest BCUT2D eigenvalue weighted by atomic mass is 9.87. The number of hydrogen-bond acceptors (Lipinski definition) is 22. The van der Waals surface area contributed by atoms with Crippen LogP contribution < -0.4 is 35.9 Å². The van der Waals surface area contributed by atoms with Crippen molar-refractivity contribution in [3.63, 3.8) is 0 Å². The molecule has 0 spiro atoms. The van der Waals surface area contributed by atoms with Crippen LogP contribution in [0.5, 0.6) is 0 Å². The second-order valence-electron chi connectivity index (χ2n) is 18.4. The van der Waals surface area contributed by atoms with Gasteiger partial charge in [0.25, 0.3) is 15.6 Å². The van der Waals surface area contributed by atoms with Crippen molar-refractivity contribution in [2.75, 3.05) is 37.8 Å². The lowest BCUT2D eigenvalue weighted by Gasteiger charge is -2.36. The Morgan fingerprint density at radius 2 is 1.43 bits per heavy atom. The van der Waals surface area contributed by atoms with Crippen LogP contribution in [0, 0.1) is 5.41 Å². The molecule has 0 radical (unpaired) electrons. The number of carbonyl (C=O) groups is 3. The molecule has 1 saturated heterocycles. The third-order valence-corrected chi connectivity index (χ3v) is 15.5. The highest BCUT2D eigenvalue weighted by Gasteiger charge is 2.47. The largest absolute Gasteiger partial charge is 0.790 e. The van der Waals surface area contributed by atoms with Gasteiger partial charge in [0.1, 0.15) is 36.3 Å².